The summed E-state index contributed by atoms with van der Waals surface area (Å²) in [5.41, 5.74) is 17.6. The smallest absolute Gasteiger partial charge is 0.137 e. The molecule has 1 unspecified atom stereocenters. The zero-order valence-electron chi connectivity index (χ0n) is 32.2. The Morgan fingerprint density at radius 3 is 2.02 bits per heavy atom. The van der Waals surface area contributed by atoms with Crippen LogP contribution in [0.3, 0.4) is 0 Å². The van der Waals surface area contributed by atoms with Crippen molar-refractivity contribution in [3.05, 3.63) is 150 Å². The van der Waals surface area contributed by atoms with Gasteiger partial charge in [0.05, 0.1) is 11.4 Å². The van der Waals surface area contributed by atoms with Gasteiger partial charge in [-0.05, 0) is 126 Å². The van der Waals surface area contributed by atoms with Gasteiger partial charge < -0.3 is 9.32 Å². The molecule has 0 N–H and O–H groups in total. The molecule has 2 spiro atoms. The van der Waals surface area contributed by atoms with Gasteiger partial charge in [-0.1, -0.05) is 124 Å². The summed E-state index contributed by atoms with van der Waals surface area (Å²) in [6.07, 6.45) is 11.7. The molecule has 12 rings (SSSR count). The highest BCUT2D eigenvalue weighted by Gasteiger charge is 2.57. The van der Waals surface area contributed by atoms with Crippen molar-refractivity contribution in [2.45, 2.75) is 82.5 Å². The number of rotatable bonds is 3. The topological polar surface area (TPSA) is 16.4 Å². The van der Waals surface area contributed by atoms with Crippen LogP contribution in [0.1, 0.15) is 93.9 Å². The van der Waals surface area contributed by atoms with E-state index >= 15 is 0 Å². The second kappa shape index (κ2) is 11.7. The molecule has 0 aliphatic heterocycles. The third-order valence-electron chi connectivity index (χ3n) is 15.4. The Hall–Kier alpha value is -5.08. The Morgan fingerprint density at radius 1 is 0.545 bits per heavy atom. The lowest BCUT2D eigenvalue weighted by Gasteiger charge is -2.54. The number of nitrogens with zero attached hydrogens (tertiary/aromatic N) is 1. The first-order valence-electron chi connectivity index (χ1n) is 21.2. The fourth-order valence-corrected chi connectivity index (χ4v) is 13.6. The summed E-state index contributed by atoms with van der Waals surface area (Å²) in [6.45, 7) is 5.11. The summed E-state index contributed by atoms with van der Waals surface area (Å²) in [5, 5.41) is 2.34. The van der Waals surface area contributed by atoms with Crippen LogP contribution in [0.2, 0.25) is 0 Å². The highest BCUT2D eigenvalue weighted by molar-refractivity contribution is 6.07. The molecule has 55 heavy (non-hydrogen) atoms. The van der Waals surface area contributed by atoms with Crippen molar-refractivity contribution in [2.24, 2.45) is 23.7 Å². The molecule has 0 saturated heterocycles. The summed E-state index contributed by atoms with van der Waals surface area (Å²) < 4.78 is 6.64. The average Bonchev–Trinajstić information content (AvgIpc) is 3.83. The number of benzene rings is 6. The molecule has 5 atom stereocenters. The molecule has 6 aromatic carbocycles. The molecule has 1 aromatic heterocycles. The van der Waals surface area contributed by atoms with E-state index in [0.717, 1.165) is 28.7 Å². The fraction of sp³-hybridized carbons (Fsp3) is 0.321. The Bertz CT molecular complexity index is 2670. The van der Waals surface area contributed by atoms with Gasteiger partial charge in [-0.3, -0.25) is 0 Å². The lowest BCUT2D eigenvalue weighted by Crippen LogP contribution is -2.49. The molecule has 7 aromatic rings. The molecule has 5 aliphatic rings. The molecule has 2 bridgehead atoms. The molecular weight excluding hydrogens is 667 g/mol. The van der Waals surface area contributed by atoms with Crippen LogP contribution >= 0.6 is 0 Å². The standard InChI is InChI=1S/C53H49NO/c1-33-28-35-30-34(2)53(36(29-33)31-35)43-18-8-5-16-41(43)51-45(53)20-13-22-47(51)54(37-24-25-39-38-14-6-9-23-48(38)55-49(39)32-37)46-21-12-19-44-50(46)40-15-4-7-17-42(40)52(44)26-10-3-11-27-52/h4-9,12-25,32-36H,3,10-11,26-31H2,1-2H3/t33-,34+,35?,36-,53-/m1/s1. The van der Waals surface area contributed by atoms with Crippen LogP contribution in [0.4, 0.5) is 17.1 Å². The second-order valence-electron chi connectivity index (χ2n) is 18.1. The molecule has 0 amide bonds. The first kappa shape index (κ1) is 32.2. The maximum Gasteiger partial charge on any atom is 0.137 e. The number of furan rings is 1. The Labute approximate surface area is 325 Å². The van der Waals surface area contributed by atoms with Gasteiger partial charge in [0.25, 0.3) is 0 Å². The van der Waals surface area contributed by atoms with Crippen molar-refractivity contribution in [3.8, 4) is 22.3 Å². The lowest BCUT2D eigenvalue weighted by atomic mass is 9.49. The molecule has 5 aliphatic carbocycles. The number of para-hydroxylation sites is 1. The highest BCUT2D eigenvalue weighted by atomic mass is 16.3. The Morgan fingerprint density at radius 2 is 1.20 bits per heavy atom. The monoisotopic (exact) mass is 715 g/mol. The molecular formula is C53H49NO. The maximum absolute atomic E-state index is 6.64. The normalized spacial score (nSPS) is 25.6. The largest absolute Gasteiger partial charge is 0.456 e. The third-order valence-corrected chi connectivity index (χ3v) is 15.4. The number of hydrogen-bond acceptors (Lipinski definition) is 2. The number of anilines is 3. The molecule has 3 saturated carbocycles. The van der Waals surface area contributed by atoms with Gasteiger partial charge in [0, 0.05) is 44.5 Å². The van der Waals surface area contributed by atoms with Crippen LogP contribution in [0.5, 0.6) is 0 Å². The minimum atomic E-state index is 0.0267. The van der Waals surface area contributed by atoms with Crippen LogP contribution in [-0.2, 0) is 10.8 Å². The molecule has 2 heteroatoms. The van der Waals surface area contributed by atoms with E-state index in [2.05, 4.69) is 146 Å². The minimum absolute atomic E-state index is 0.0267. The Kier molecular flexibility index (Phi) is 6.86. The second-order valence-corrected chi connectivity index (χ2v) is 18.1. The van der Waals surface area contributed by atoms with E-state index in [0.29, 0.717) is 11.8 Å². The third kappa shape index (κ3) is 4.26. The van der Waals surface area contributed by atoms with Crippen LogP contribution in [0.15, 0.2) is 132 Å². The van der Waals surface area contributed by atoms with Gasteiger partial charge in [0.15, 0.2) is 0 Å². The minimum Gasteiger partial charge on any atom is -0.456 e. The van der Waals surface area contributed by atoms with Gasteiger partial charge in [-0.25, -0.2) is 0 Å². The van der Waals surface area contributed by atoms with Crippen LogP contribution in [0, 0.1) is 23.7 Å². The van der Waals surface area contributed by atoms with Gasteiger partial charge in [-0.15, -0.1) is 0 Å². The van der Waals surface area contributed by atoms with Crippen molar-refractivity contribution in [3.63, 3.8) is 0 Å². The first-order chi connectivity index (χ1) is 27.1. The predicted molar refractivity (Wildman–Crippen MR) is 228 cm³/mol. The summed E-state index contributed by atoms with van der Waals surface area (Å²) >= 11 is 0. The van der Waals surface area contributed by atoms with E-state index in [1.807, 2.05) is 0 Å². The van der Waals surface area contributed by atoms with E-state index < -0.39 is 0 Å². The zero-order valence-corrected chi connectivity index (χ0v) is 32.2. The van der Waals surface area contributed by atoms with Crippen molar-refractivity contribution >= 4 is 39.0 Å². The fourth-order valence-electron chi connectivity index (χ4n) is 13.6. The van der Waals surface area contributed by atoms with Crippen LogP contribution < -0.4 is 4.90 Å². The molecule has 0 radical (unpaired) electrons. The van der Waals surface area contributed by atoms with Crippen molar-refractivity contribution in [2.75, 3.05) is 4.90 Å². The SMILES string of the molecule is C[C@@H]1CC2C[C@@H](C1)[C@@]1(c3ccccc3-c3c(N(c4ccc5c(c4)oc4ccccc45)c4cccc5c4-c4ccccc4C54CCCCC4)cccc31)[C@@H](C)C2. The maximum atomic E-state index is 6.64. The first-order valence-corrected chi connectivity index (χ1v) is 21.2. The van der Waals surface area contributed by atoms with Crippen molar-refractivity contribution in [1.29, 1.82) is 0 Å². The van der Waals surface area contributed by atoms with Crippen molar-refractivity contribution < 1.29 is 4.42 Å². The van der Waals surface area contributed by atoms with Crippen LogP contribution in [-0.4, -0.2) is 0 Å². The van der Waals surface area contributed by atoms with Gasteiger partial charge in [-0.2, -0.15) is 0 Å². The summed E-state index contributed by atoms with van der Waals surface area (Å²) in [7, 11) is 0. The number of hydrogen-bond donors (Lipinski definition) is 0. The van der Waals surface area contributed by atoms with Gasteiger partial charge >= 0.3 is 0 Å². The van der Waals surface area contributed by atoms with Crippen molar-refractivity contribution in [1.82, 2.24) is 0 Å². The summed E-state index contributed by atoms with van der Waals surface area (Å²) in [6, 6.07) is 48.9. The Balaban J connectivity index is 1.16. The molecule has 2 nitrogen and oxygen atoms in total. The molecule has 3 fully saturated rings. The van der Waals surface area contributed by atoms with E-state index in [1.54, 1.807) is 11.1 Å². The van der Waals surface area contributed by atoms with E-state index in [4.69, 9.17) is 4.42 Å². The summed E-state index contributed by atoms with van der Waals surface area (Å²) in [5.74, 6) is 2.86. The highest BCUT2D eigenvalue weighted by Crippen LogP contribution is 2.67. The average molecular weight is 716 g/mol. The van der Waals surface area contributed by atoms with Gasteiger partial charge in [0.2, 0.25) is 0 Å². The van der Waals surface area contributed by atoms with Crippen LogP contribution in [0.25, 0.3) is 44.2 Å². The molecule has 1 heterocycles. The van der Waals surface area contributed by atoms with Gasteiger partial charge in [0.1, 0.15) is 11.2 Å². The molecule has 272 valence electrons. The summed E-state index contributed by atoms with van der Waals surface area (Å²) in [4.78, 5) is 2.64. The number of fused-ring (bicyclic) bond motifs is 16. The zero-order chi connectivity index (χ0) is 36.5. The van der Waals surface area contributed by atoms with E-state index in [-0.39, 0.29) is 10.8 Å². The van der Waals surface area contributed by atoms with E-state index in [1.165, 1.54) is 113 Å². The predicted octanol–water partition coefficient (Wildman–Crippen LogP) is 14.6. The quantitative estimate of drug-likeness (QED) is 0.181. The lowest BCUT2D eigenvalue weighted by molar-refractivity contribution is 0.0426. The van der Waals surface area contributed by atoms with E-state index in [9.17, 15) is 0 Å².